The quantitative estimate of drug-likeness (QED) is 0.714. The molecule has 1 aromatic carbocycles. The van der Waals surface area contributed by atoms with E-state index >= 15 is 0 Å². The number of para-hydroxylation sites is 1. The first-order valence-electron chi connectivity index (χ1n) is 11.2. The molecular weight excluding hydrogens is 410 g/mol. The molecule has 0 aliphatic carbocycles. The smallest absolute Gasteiger partial charge is 0.265 e. The molecule has 2 aromatic rings. The summed E-state index contributed by atoms with van der Waals surface area (Å²) in [5, 5.41) is 4.09. The van der Waals surface area contributed by atoms with Crippen LogP contribution in [-0.4, -0.2) is 47.9 Å². The van der Waals surface area contributed by atoms with E-state index in [4.69, 9.17) is 4.74 Å². The SMILES string of the molecule is Cc1nc(C)c(C(=O)N2CCCC3(CCCCCOc4ccccc4C(=O)NC3)C2)s1. The average Bonchev–Trinajstić information content (AvgIpc) is 3.11. The highest BCUT2D eigenvalue weighted by atomic mass is 32.1. The van der Waals surface area contributed by atoms with E-state index in [-0.39, 0.29) is 17.2 Å². The minimum absolute atomic E-state index is 0.0818. The summed E-state index contributed by atoms with van der Waals surface area (Å²) in [5.74, 6) is 0.623. The van der Waals surface area contributed by atoms with Gasteiger partial charge in [-0.2, -0.15) is 0 Å². The largest absolute Gasteiger partial charge is 0.493 e. The minimum atomic E-state index is -0.104. The number of aromatic nitrogens is 1. The van der Waals surface area contributed by atoms with Crippen molar-refractivity contribution >= 4 is 23.2 Å². The lowest BCUT2D eigenvalue weighted by Gasteiger charge is -2.43. The Bertz CT molecular complexity index is 957. The number of carbonyl (C=O) groups is 2. The molecule has 31 heavy (non-hydrogen) atoms. The van der Waals surface area contributed by atoms with Crippen molar-refractivity contribution in [3.05, 3.63) is 45.4 Å². The number of hydrogen-bond donors (Lipinski definition) is 1. The maximum Gasteiger partial charge on any atom is 0.265 e. The van der Waals surface area contributed by atoms with Crippen LogP contribution in [-0.2, 0) is 0 Å². The fraction of sp³-hybridized carbons (Fsp3) is 0.542. The van der Waals surface area contributed by atoms with E-state index in [0.29, 0.717) is 31.0 Å². The minimum Gasteiger partial charge on any atom is -0.493 e. The van der Waals surface area contributed by atoms with Crippen molar-refractivity contribution in [1.82, 2.24) is 15.2 Å². The van der Waals surface area contributed by atoms with Gasteiger partial charge in [0, 0.05) is 25.0 Å². The Labute approximate surface area is 188 Å². The van der Waals surface area contributed by atoms with E-state index in [1.165, 1.54) is 11.3 Å². The lowest BCUT2D eigenvalue weighted by atomic mass is 9.75. The Morgan fingerprint density at radius 3 is 2.77 bits per heavy atom. The van der Waals surface area contributed by atoms with Gasteiger partial charge in [-0.05, 0) is 51.7 Å². The molecule has 0 saturated carbocycles. The number of rotatable bonds is 1. The Balaban J connectivity index is 1.54. The number of ether oxygens (including phenoxy) is 1. The average molecular weight is 442 g/mol. The number of nitrogens with zero attached hydrogens (tertiary/aromatic N) is 2. The number of nitrogens with one attached hydrogen (secondary N) is 1. The van der Waals surface area contributed by atoms with Crippen LogP contribution < -0.4 is 10.1 Å². The molecule has 4 rings (SSSR count). The van der Waals surface area contributed by atoms with E-state index in [1.54, 1.807) is 0 Å². The molecule has 166 valence electrons. The van der Waals surface area contributed by atoms with Crippen LogP contribution in [0.25, 0.3) is 0 Å². The summed E-state index contributed by atoms with van der Waals surface area (Å²) in [6.07, 6.45) is 6.10. The molecule has 6 nitrogen and oxygen atoms in total. The fourth-order valence-electron chi connectivity index (χ4n) is 4.80. The predicted octanol–water partition coefficient (Wildman–Crippen LogP) is 4.37. The van der Waals surface area contributed by atoms with Crippen LogP contribution in [0.5, 0.6) is 5.75 Å². The highest BCUT2D eigenvalue weighted by Gasteiger charge is 2.38. The van der Waals surface area contributed by atoms with Gasteiger partial charge in [-0.1, -0.05) is 25.0 Å². The van der Waals surface area contributed by atoms with Crippen molar-refractivity contribution in [1.29, 1.82) is 0 Å². The van der Waals surface area contributed by atoms with Crippen LogP contribution in [0.1, 0.15) is 69.3 Å². The number of likely N-dealkylation sites (tertiary alicyclic amines) is 1. The number of fused-ring (bicyclic) bond motifs is 1. The normalized spacial score (nSPS) is 22.6. The lowest BCUT2D eigenvalue weighted by molar-refractivity contribution is 0.0472. The van der Waals surface area contributed by atoms with Gasteiger partial charge in [0.15, 0.2) is 0 Å². The number of aryl methyl sites for hydroxylation is 2. The zero-order valence-electron chi connectivity index (χ0n) is 18.4. The summed E-state index contributed by atoms with van der Waals surface area (Å²) in [6.45, 7) is 6.49. The molecule has 1 unspecified atom stereocenters. The van der Waals surface area contributed by atoms with E-state index in [2.05, 4.69) is 10.3 Å². The number of piperidine rings is 1. The van der Waals surface area contributed by atoms with Crippen molar-refractivity contribution < 1.29 is 14.3 Å². The van der Waals surface area contributed by atoms with E-state index in [9.17, 15) is 9.59 Å². The van der Waals surface area contributed by atoms with Gasteiger partial charge in [0.05, 0.1) is 22.9 Å². The van der Waals surface area contributed by atoms with Gasteiger partial charge in [0.25, 0.3) is 11.8 Å². The maximum absolute atomic E-state index is 13.3. The van der Waals surface area contributed by atoms with Gasteiger partial charge in [-0.25, -0.2) is 4.98 Å². The van der Waals surface area contributed by atoms with Crippen LogP contribution in [0.15, 0.2) is 24.3 Å². The lowest BCUT2D eigenvalue weighted by Crippen LogP contribution is -2.51. The van der Waals surface area contributed by atoms with Crippen molar-refractivity contribution in [3.63, 3.8) is 0 Å². The van der Waals surface area contributed by atoms with Gasteiger partial charge in [-0.15, -0.1) is 11.3 Å². The van der Waals surface area contributed by atoms with Gasteiger partial charge in [0.2, 0.25) is 0 Å². The first-order valence-corrected chi connectivity index (χ1v) is 12.0. The number of carbonyl (C=O) groups excluding carboxylic acids is 2. The third-order valence-electron chi connectivity index (χ3n) is 6.41. The molecule has 2 aliphatic heterocycles. The van der Waals surface area contributed by atoms with Crippen molar-refractivity contribution in [2.24, 2.45) is 5.41 Å². The summed E-state index contributed by atoms with van der Waals surface area (Å²) in [6, 6.07) is 7.43. The van der Waals surface area contributed by atoms with Crippen molar-refractivity contribution in [2.75, 3.05) is 26.2 Å². The summed E-state index contributed by atoms with van der Waals surface area (Å²) in [4.78, 5) is 33.4. The zero-order chi connectivity index (χ0) is 21.8. The zero-order valence-corrected chi connectivity index (χ0v) is 19.2. The summed E-state index contributed by atoms with van der Waals surface area (Å²) < 4.78 is 5.86. The molecule has 1 aromatic heterocycles. The van der Waals surface area contributed by atoms with Gasteiger partial charge < -0.3 is 15.0 Å². The second-order valence-electron chi connectivity index (χ2n) is 8.82. The van der Waals surface area contributed by atoms with E-state index in [0.717, 1.165) is 60.6 Å². The first-order chi connectivity index (χ1) is 15.0. The molecule has 7 heteroatoms. The van der Waals surface area contributed by atoms with Crippen molar-refractivity contribution in [3.8, 4) is 5.75 Å². The fourth-order valence-corrected chi connectivity index (χ4v) is 5.68. The molecule has 1 spiro atoms. The highest BCUT2D eigenvalue weighted by molar-refractivity contribution is 7.13. The Morgan fingerprint density at radius 1 is 1.16 bits per heavy atom. The highest BCUT2D eigenvalue weighted by Crippen LogP contribution is 2.36. The maximum atomic E-state index is 13.3. The van der Waals surface area contributed by atoms with Gasteiger partial charge in [0.1, 0.15) is 10.6 Å². The molecule has 3 heterocycles. The predicted molar refractivity (Wildman–Crippen MR) is 122 cm³/mol. The Kier molecular flexibility index (Phi) is 6.60. The topological polar surface area (TPSA) is 71.5 Å². The summed E-state index contributed by atoms with van der Waals surface area (Å²) in [7, 11) is 0. The summed E-state index contributed by atoms with van der Waals surface area (Å²) in [5.41, 5.74) is 1.31. The monoisotopic (exact) mass is 441 g/mol. The first kappa shape index (κ1) is 21.8. The number of amides is 2. The molecule has 1 atom stereocenters. The third kappa shape index (κ3) is 4.92. The Hall–Kier alpha value is -2.41. The third-order valence-corrected chi connectivity index (χ3v) is 7.47. The van der Waals surface area contributed by atoms with E-state index in [1.807, 2.05) is 43.0 Å². The standard InChI is InChI=1S/C24H31N3O3S/c1-17-21(31-18(2)26-17)23(29)27-13-8-12-24(16-27)11-6-3-7-14-30-20-10-5-4-9-19(20)22(28)25-15-24/h4-5,9-10H,3,6-8,11-16H2,1-2H3,(H,25,28). The molecule has 0 bridgehead atoms. The van der Waals surface area contributed by atoms with Crippen LogP contribution in [0.3, 0.4) is 0 Å². The van der Waals surface area contributed by atoms with Crippen LogP contribution in [0, 0.1) is 19.3 Å². The molecule has 2 amide bonds. The van der Waals surface area contributed by atoms with Crippen LogP contribution in [0.2, 0.25) is 0 Å². The summed E-state index contributed by atoms with van der Waals surface area (Å²) >= 11 is 1.48. The number of benzene rings is 1. The second-order valence-corrected chi connectivity index (χ2v) is 10.0. The van der Waals surface area contributed by atoms with Gasteiger partial charge in [-0.3, -0.25) is 9.59 Å². The van der Waals surface area contributed by atoms with Gasteiger partial charge >= 0.3 is 0 Å². The molecule has 1 N–H and O–H groups in total. The molecule has 1 saturated heterocycles. The van der Waals surface area contributed by atoms with Crippen LogP contribution >= 0.6 is 11.3 Å². The Morgan fingerprint density at radius 2 is 1.97 bits per heavy atom. The molecule has 2 aliphatic rings. The number of hydrogen-bond acceptors (Lipinski definition) is 5. The molecular formula is C24H31N3O3S. The second kappa shape index (κ2) is 9.39. The number of thiazole rings is 1. The van der Waals surface area contributed by atoms with Crippen LogP contribution in [0.4, 0.5) is 0 Å². The molecule has 0 radical (unpaired) electrons. The van der Waals surface area contributed by atoms with Crippen molar-refractivity contribution in [2.45, 2.75) is 52.4 Å². The molecule has 1 fully saturated rings. The van der Waals surface area contributed by atoms with E-state index < -0.39 is 0 Å².